The van der Waals surface area contributed by atoms with Crippen molar-refractivity contribution in [1.29, 1.82) is 0 Å². The standard InChI is InChI=1S/C22H25N3O4S2/c1-14-7-8-17(9-15(14)2)25(22-24-19-12-31(27,28)13-20(19)30-22)11-21(26)23-16-5-4-6-18(10-16)29-3/h4-10,19-20H,11-13H2,1-3H3,(H,23,26)/t19-,20+/m1/s1. The van der Waals surface area contributed by atoms with Gasteiger partial charge < -0.3 is 15.0 Å². The minimum atomic E-state index is -3.04. The first-order valence-corrected chi connectivity index (χ1v) is 12.7. The Morgan fingerprint density at radius 3 is 2.71 bits per heavy atom. The summed E-state index contributed by atoms with van der Waals surface area (Å²) in [6, 6.07) is 13.0. The molecule has 1 amide bonds. The summed E-state index contributed by atoms with van der Waals surface area (Å²) in [7, 11) is -1.46. The van der Waals surface area contributed by atoms with Crippen LogP contribution in [0.5, 0.6) is 5.75 Å². The summed E-state index contributed by atoms with van der Waals surface area (Å²) in [5.74, 6) is 0.671. The fourth-order valence-electron chi connectivity index (χ4n) is 3.68. The Labute approximate surface area is 186 Å². The van der Waals surface area contributed by atoms with Crippen molar-refractivity contribution in [2.45, 2.75) is 25.1 Å². The Kier molecular flexibility index (Phi) is 5.98. The molecule has 4 rings (SSSR count). The minimum Gasteiger partial charge on any atom is -0.497 e. The van der Waals surface area contributed by atoms with Crippen LogP contribution in [0.25, 0.3) is 0 Å². The Morgan fingerprint density at radius 2 is 2.00 bits per heavy atom. The number of anilines is 2. The summed E-state index contributed by atoms with van der Waals surface area (Å²) in [6.45, 7) is 4.13. The molecule has 1 saturated heterocycles. The Hall–Kier alpha value is -2.52. The van der Waals surface area contributed by atoms with Crippen molar-refractivity contribution in [2.24, 2.45) is 4.99 Å². The van der Waals surface area contributed by atoms with Gasteiger partial charge in [0.1, 0.15) is 12.3 Å². The molecule has 164 valence electrons. The number of carbonyl (C=O) groups is 1. The normalized spacial score (nSPS) is 21.3. The molecule has 2 aromatic rings. The maximum absolute atomic E-state index is 12.9. The highest BCUT2D eigenvalue weighted by Crippen LogP contribution is 2.37. The molecule has 0 bridgehead atoms. The summed E-state index contributed by atoms with van der Waals surface area (Å²) in [5, 5.41) is 3.51. The number of rotatable bonds is 5. The number of aryl methyl sites for hydroxylation is 2. The van der Waals surface area contributed by atoms with Gasteiger partial charge in [0.05, 0.1) is 24.7 Å². The quantitative estimate of drug-likeness (QED) is 0.740. The fourth-order valence-corrected chi connectivity index (χ4v) is 7.46. The first-order valence-electron chi connectivity index (χ1n) is 9.98. The number of benzene rings is 2. The molecular weight excluding hydrogens is 434 g/mol. The van der Waals surface area contributed by atoms with Crippen LogP contribution < -0.4 is 15.0 Å². The summed E-state index contributed by atoms with van der Waals surface area (Å²) in [4.78, 5) is 19.5. The van der Waals surface area contributed by atoms with E-state index >= 15 is 0 Å². The minimum absolute atomic E-state index is 0.0672. The largest absolute Gasteiger partial charge is 0.497 e. The van der Waals surface area contributed by atoms with Crippen molar-refractivity contribution in [3.05, 3.63) is 53.6 Å². The Balaban J connectivity index is 1.58. The predicted molar refractivity (Wildman–Crippen MR) is 126 cm³/mol. The van der Waals surface area contributed by atoms with Gasteiger partial charge in [-0.05, 0) is 49.2 Å². The van der Waals surface area contributed by atoms with E-state index in [0.29, 0.717) is 16.6 Å². The second-order valence-corrected chi connectivity index (χ2v) is 11.2. The Morgan fingerprint density at radius 1 is 1.19 bits per heavy atom. The van der Waals surface area contributed by atoms with Crippen molar-refractivity contribution in [3.63, 3.8) is 0 Å². The highest BCUT2D eigenvalue weighted by atomic mass is 32.2. The van der Waals surface area contributed by atoms with Crippen LogP contribution in [0.15, 0.2) is 47.5 Å². The van der Waals surface area contributed by atoms with Crippen LogP contribution >= 0.6 is 11.8 Å². The van der Waals surface area contributed by atoms with E-state index in [2.05, 4.69) is 10.3 Å². The zero-order chi connectivity index (χ0) is 22.2. The smallest absolute Gasteiger partial charge is 0.244 e. The van der Waals surface area contributed by atoms with Crippen molar-refractivity contribution in [2.75, 3.05) is 35.4 Å². The van der Waals surface area contributed by atoms with Gasteiger partial charge >= 0.3 is 0 Å². The lowest BCUT2D eigenvalue weighted by molar-refractivity contribution is -0.114. The van der Waals surface area contributed by atoms with E-state index in [1.54, 1.807) is 19.2 Å². The van der Waals surface area contributed by atoms with Crippen LogP contribution in [0.1, 0.15) is 11.1 Å². The van der Waals surface area contributed by atoms with Gasteiger partial charge in [0, 0.05) is 22.7 Å². The number of sulfone groups is 1. The molecule has 2 aliphatic heterocycles. The number of fused-ring (bicyclic) bond motifs is 1. The monoisotopic (exact) mass is 459 g/mol. The first-order chi connectivity index (χ1) is 14.7. The number of nitrogens with one attached hydrogen (secondary N) is 1. The zero-order valence-corrected chi connectivity index (χ0v) is 19.3. The van der Waals surface area contributed by atoms with Gasteiger partial charge in [0.15, 0.2) is 15.0 Å². The van der Waals surface area contributed by atoms with Gasteiger partial charge in [-0.1, -0.05) is 23.9 Å². The number of nitrogens with zero attached hydrogens (tertiary/aromatic N) is 2. The summed E-state index contributed by atoms with van der Waals surface area (Å²) >= 11 is 1.45. The van der Waals surface area contributed by atoms with Crippen LogP contribution in [-0.2, 0) is 14.6 Å². The highest BCUT2D eigenvalue weighted by Gasteiger charge is 2.44. The third kappa shape index (κ3) is 4.88. The molecule has 0 aromatic heterocycles. The average Bonchev–Trinajstić information content (AvgIpc) is 3.22. The Bertz CT molecular complexity index is 1150. The van der Waals surface area contributed by atoms with Gasteiger partial charge in [0.25, 0.3) is 0 Å². The lowest BCUT2D eigenvalue weighted by Crippen LogP contribution is -2.36. The second kappa shape index (κ2) is 8.55. The first kappa shape index (κ1) is 21.7. The summed E-state index contributed by atoms with van der Waals surface area (Å²) in [6.07, 6.45) is 0. The molecule has 2 aromatic carbocycles. The lowest BCUT2D eigenvalue weighted by atomic mass is 10.1. The second-order valence-electron chi connectivity index (χ2n) is 7.85. The SMILES string of the molecule is COc1cccc(NC(=O)CN(C2=N[C@@H]3CS(=O)(=O)C[C@@H]3S2)c2ccc(C)c(C)c2)c1. The summed E-state index contributed by atoms with van der Waals surface area (Å²) in [5.41, 5.74) is 3.78. The summed E-state index contributed by atoms with van der Waals surface area (Å²) < 4.78 is 29.1. The van der Waals surface area contributed by atoms with Crippen molar-refractivity contribution in [1.82, 2.24) is 0 Å². The van der Waals surface area contributed by atoms with E-state index in [1.807, 2.05) is 49.1 Å². The van der Waals surface area contributed by atoms with E-state index in [0.717, 1.165) is 16.8 Å². The van der Waals surface area contributed by atoms with Gasteiger partial charge in [-0.3, -0.25) is 9.79 Å². The van der Waals surface area contributed by atoms with E-state index in [4.69, 9.17) is 4.74 Å². The lowest BCUT2D eigenvalue weighted by Gasteiger charge is -2.25. The number of thioether (sulfide) groups is 1. The number of methoxy groups -OCH3 is 1. The number of amides is 1. The third-order valence-corrected chi connectivity index (χ3v) is 8.74. The van der Waals surface area contributed by atoms with E-state index < -0.39 is 9.84 Å². The number of aliphatic imine (C=N–C) groups is 1. The maximum atomic E-state index is 12.9. The van der Waals surface area contributed by atoms with Gasteiger partial charge in [-0.15, -0.1) is 0 Å². The van der Waals surface area contributed by atoms with Gasteiger partial charge in [-0.25, -0.2) is 8.42 Å². The molecular formula is C22H25N3O4S2. The maximum Gasteiger partial charge on any atom is 0.244 e. The number of ether oxygens (including phenoxy) is 1. The molecule has 2 atom stereocenters. The number of hydrogen-bond donors (Lipinski definition) is 1. The van der Waals surface area contributed by atoms with E-state index in [1.165, 1.54) is 11.8 Å². The van der Waals surface area contributed by atoms with Crippen molar-refractivity contribution < 1.29 is 17.9 Å². The molecule has 0 spiro atoms. The van der Waals surface area contributed by atoms with Gasteiger partial charge in [-0.2, -0.15) is 0 Å². The van der Waals surface area contributed by atoms with Crippen LogP contribution in [-0.4, -0.2) is 55.9 Å². The number of carbonyl (C=O) groups excluding carboxylic acids is 1. The molecule has 1 N–H and O–H groups in total. The molecule has 0 aliphatic carbocycles. The molecule has 0 saturated carbocycles. The highest BCUT2D eigenvalue weighted by molar-refractivity contribution is 8.15. The zero-order valence-electron chi connectivity index (χ0n) is 17.7. The van der Waals surface area contributed by atoms with Crippen LogP contribution in [0.3, 0.4) is 0 Å². The molecule has 31 heavy (non-hydrogen) atoms. The molecule has 2 aliphatic rings. The van der Waals surface area contributed by atoms with Crippen molar-refractivity contribution >= 4 is 44.0 Å². The topological polar surface area (TPSA) is 88.1 Å². The van der Waals surface area contributed by atoms with Gasteiger partial charge in [0.2, 0.25) is 5.91 Å². The van der Waals surface area contributed by atoms with E-state index in [9.17, 15) is 13.2 Å². The van der Waals surface area contributed by atoms with Crippen LogP contribution in [0, 0.1) is 13.8 Å². The van der Waals surface area contributed by atoms with Crippen LogP contribution in [0.4, 0.5) is 11.4 Å². The number of amidine groups is 1. The molecule has 7 nitrogen and oxygen atoms in total. The molecule has 2 heterocycles. The molecule has 9 heteroatoms. The molecule has 0 radical (unpaired) electrons. The van der Waals surface area contributed by atoms with Crippen LogP contribution in [0.2, 0.25) is 0 Å². The number of hydrogen-bond acceptors (Lipinski definition) is 7. The van der Waals surface area contributed by atoms with Crippen molar-refractivity contribution in [3.8, 4) is 5.75 Å². The third-order valence-electron chi connectivity index (χ3n) is 5.49. The predicted octanol–water partition coefficient (Wildman–Crippen LogP) is 3.03. The molecule has 1 fully saturated rings. The van der Waals surface area contributed by atoms with E-state index in [-0.39, 0.29) is 35.2 Å². The molecule has 0 unspecified atom stereocenters. The average molecular weight is 460 g/mol. The fraction of sp³-hybridized carbons (Fsp3) is 0.364.